The lowest BCUT2D eigenvalue weighted by molar-refractivity contribution is 0.802. The Morgan fingerprint density at radius 2 is 2.12 bits per heavy atom. The molecular formula is C10H13BrN4S. The molecule has 0 saturated heterocycles. The van der Waals surface area contributed by atoms with Gasteiger partial charge in [-0.2, -0.15) is 9.47 Å². The highest BCUT2D eigenvalue weighted by atomic mass is 79.9. The lowest BCUT2D eigenvalue weighted by Gasteiger charge is -1.96. The fourth-order valence-corrected chi connectivity index (χ4v) is 2.43. The Bertz CT molecular complexity index is 503. The molecule has 0 N–H and O–H groups in total. The molecule has 0 atom stereocenters. The molecule has 2 aromatic heterocycles. The van der Waals surface area contributed by atoms with Crippen molar-refractivity contribution in [1.29, 1.82) is 0 Å². The maximum absolute atomic E-state index is 4.47. The van der Waals surface area contributed by atoms with Crippen molar-refractivity contribution < 1.29 is 0 Å². The summed E-state index contributed by atoms with van der Waals surface area (Å²) in [5.74, 6) is 0.908. The fraction of sp³-hybridized carbons (Fsp3) is 0.500. The third-order valence-corrected chi connectivity index (χ3v) is 4.19. The maximum atomic E-state index is 4.47. The van der Waals surface area contributed by atoms with Crippen LogP contribution in [0.4, 0.5) is 0 Å². The Kier molecular flexibility index (Phi) is 3.39. The molecule has 86 valence electrons. The van der Waals surface area contributed by atoms with E-state index in [1.165, 1.54) is 11.5 Å². The van der Waals surface area contributed by atoms with E-state index >= 15 is 0 Å². The first-order valence-corrected chi connectivity index (χ1v) is 6.74. The van der Waals surface area contributed by atoms with Crippen LogP contribution in [0.25, 0.3) is 5.13 Å². The standard InChI is InChI=1S/C10H13BrN4S/c1-4-5-8-12-10(16-14-8)15-7(3)9(11)6(2)13-15/h4-5H2,1-3H3. The Hall–Kier alpha value is -0.750. The second-order valence-electron chi connectivity index (χ2n) is 3.64. The van der Waals surface area contributed by atoms with Crippen LogP contribution in [-0.2, 0) is 6.42 Å². The van der Waals surface area contributed by atoms with E-state index in [4.69, 9.17) is 0 Å². The number of aromatic nitrogens is 4. The first-order chi connectivity index (χ1) is 7.63. The highest BCUT2D eigenvalue weighted by Gasteiger charge is 2.13. The van der Waals surface area contributed by atoms with Gasteiger partial charge in [0.15, 0.2) is 0 Å². The molecule has 0 spiro atoms. The molecule has 6 heteroatoms. The van der Waals surface area contributed by atoms with Crippen molar-refractivity contribution in [1.82, 2.24) is 19.1 Å². The van der Waals surface area contributed by atoms with Crippen LogP contribution in [-0.4, -0.2) is 19.1 Å². The molecule has 0 aliphatic heterocycles. The van der Waals surface area contributed by atoms with Gasteiger partial charge >= 0.3 is 0 Å². The lowest BCUT2D eigenvalue weighted by Crippen LogP contribution is -1.98. The molecule has 16 heavy (non-hydrogen) atoms. The SMILES string of the molecule is CCCc1nsc(-n2nc(C)c(Br)c2C)n1. The topological polar surface area (TPSA) is 43.6 Å². The summed E-state index contributed by atoms with van der Waals surface area (Å²) >= 11 is 4.91. The third kappa shape index (κ3) is 2.04. The van der Waals surface area contributed by atoms with Gasteiger partial charge in [0, 0.05) is 18.0 Å². The normalized spacial score (nSPS) is 11.0. The van der Waals surface area contributed by atoms with Gasteiger partial charge in [-0.25, -0.2) is 9.67 Å². The van der Waals surface area contributed by atoms with Gasteiger partial charge in [0.25, 0.3) is 0 Å². The van der Waals surface area contributed by atoms with Crippen molar-refractivity contribution >= 4 is 27.5 Å². The zero-order valence-corrected chi connectivity index (χ0v) is 11.9. The molecule has 2 rings (SSSR count). The molecule has 2 aromatic rings. The molecule has 0 aliphatic carbocycles. The van der Waals surface area contributed by atoms with Gasteiger partial charge in [0.05, 0.1) is 15.9 Å². The van der Waals surface area contributed by atoms with Crippen molar-refractivity contribution in [2.24, 2.45) is 0 Å². The van der Waals surface area contributed by atoms with Crippen LogP contribution >= 0.6 is 27.5 Å². The Morgan fingerprint density at radius 1 is 1.38 bits per heavy atom. The zero-order chi connectivity index (χ0) is 11.7. The van der Waals surface area contributed by atoms with Gasteiger partial charge in [-0.3, -0.25) is 0 Å². The highest BCUT2D eigenvalue weighted by Crippen LogP contribution is 2.23. The Morgan fingerprint density at radius 3 is 2.69 bits per heavy atom. The number of hydrogen-bond donors (Lipinski definition) is 0. The molecule has 0 radical (unpaired) electrons. The van der Waals surface area contributed by atoms with Gasteiger partial charge < -0.3 is 0 Å². The molecule has 0 aromatic carbocycles. The minimum absolute atomic E-state index is 0.842. The third-order valence-electron chi connectivity index (χ3n) is 2.32. The van der Waals surface area contributed by atoms with Crippen molar-refractivity contribution in [2.45, 2.75) is 33.6 Å². The van der Waals surface area contributed by atoms with Crippen molar-refractivity contribution in [3.63, 3.8) is 0 Å². The molecule has 4 nitrogen and oxygen atoms in total. The summed E-state index contributed by atoms with van der Waals surface area (Å²) in [5.41, 5.74) is 2.04. The summed E-state index contributed by atoms with van der Waals surface area (Å²) in [5, 5.41) is 5.27. The molecule has 0 saturated carbocycles. The Labute approximate surface area is 107 Å². The van der Waals surface area contributed by atoms with Crippen molar-refractivity contribution in [3.8, 4) is 5.13 Å². The number of nitrogens with zero attached hydrogens (tertiary/aromatic N) is 4. The van der Waals surface area contributed by atoms with Gasteiger partial charge in [-0.05, 0) is 36.2 Å². The van der Waals surface area contributed by atoms with E-state index in [1.807, 2.05) is 18.5 Å². The minimum atomic E-state index is 0.842. The van der Waals surface area contributed by atoms with Crippen LogP contribution < -0.4 is 0 Å². The average molecular weight is 301 g/mol. The first-order valence-electron chi connectivity index (χ1n) is 5.18. The summed E-state index contributed by atoms with van der Waals surface area (Å²) in [6, 6.07) is 0. The van der Waals surface area contributed by atoms with Crippen molar-refractivity contribution in [2.75, 3.05) is 0 Å². The quantitative estimate of drug-likeness (QED) is 0.875. The number of halogens is 1. The van der Waals surface area contributed by atoms with Gasteiger partial charge in [-0.1, -0.05) is 6.92 Å². The Balaban J connectivity index is 2.38. The molecule has 2 heterocycles. The van der Waals surface area contributed by atoms with E-state index < -0.39 is 0 Å². The first kappa shape index (κ1) is 11.7. The largest absolute Gasteiger partial charge is 0.230 e. The summed E-state index contributed by atoms with van der Waals surface area (Å²) in [7, 11) is 0. The van der Waals surface area contributed by atoms with Gasteiger partial charge in [0.2, 0.25) is 5.13 Å². The smallest absolute Gasteiger partial charge is 0.208 e. The minimum Gasteiger partial charge on any atom is -0.208 e. The molecule has 0 amide bonds. The lowest BCUT2D eigenvalue weighted by atomic mass is 10.3. The van der Waals surface area contributed by atoms with E-state index in [9.17, 15) is 0 Å². The molecular weight excluding hydrogens is 288 g/mol. The predicted molar refractivity (Wildman–Crippen MR) is 68.2 cm³/mol. The summed E-state index contributed by atoms with van der Waals surface area (Å²) in [4.78, 5) is 4.47. The molecule has 0 fully saturated rings. The molecule has 0 aliphatic rings. The van der Waals surface area contributed by atoms with Gasteiger partial charge in [-0.15, -0.1) is 0 Å². The molecule has 0 bridgehead atoms. The highest BCUT2D eigenvalue weighted by molar-refractivity contribution is 9.10. The zero-order valence-electron chi connectivity index (χ0n) is 9.49. The van der Waals surface area contributed by atoms with Gasteiger partial charge in [0.1, 0.15) is 5.82 Å². The van der Waals surface area contributed by atoms with E-state index in [0.29, 0.717) is 0 Å². The molecule has 0 unspecified atom stereocenters. The van der Waals surface area contributed by atoms with Crippen LogP contribution in [0, 0.1) is 13.8 Å². The number of hydrogen-bond acceptors (Lipinski definition) is 4. The second-order valence-corrected chi connectivity index (χ2v) is 5.16. The van der Waals surface area contributed by atoms with E-state index in [1.54, 1.807) is 0 Å². The second kappa shape index (κ2) is 4.63. The average Bonchev–Trinajstić information content (AvgIpc) is 2.80. The van der Waals surface area contributed by atoms with Crippen LogP contribution in [0.1, 0.15) is 30.6 Å². The van der Waals surface area contributed by atoms with E-state index in [2.05, 4.69) is 37.3 Å². The van der Waals surface area contributed by atoms with Crippen molar-refractivity contribution in [3.05, 3.63) is 21.7 Å². The van der Waals surface area contributed by atoms with Crippen LogP contribution in [0.3, 0.4) is 0 Å². The summed E-state index contributed by atoms with van der Waals surface area (Å²) in [6.07, 6.45) is 1.99. The van der Waals surface area contributed by atoms with E-state index in [0.717, 1.165) is 39.7 Å². The number of aryl methyl sites for hydroxylation is 2. The predicted octanol–water partition coefficient (Wildman–Crippen LogP) is 3.06. The van der Waals surface area contributed by atoms with Crippen LogP contribution in [0.15, 0.2) is 4.47 Å². The maximum Gasteiger partial charge on any atom is 0.230 e. The monoisotopic (exact) mass is 300 g/mol. The summed E-state index contributed by atoms with van der Waals surface area (Å²) in [6.45, 7) is 6.12. The summed E-state index contributed by atoms with van der Waals surface area (Å²) < 4.78 is 7.20. The fourth-order valence-electron chi connectivity index (χ4n) is 1.47. The number of rotatable bonds is 3. The van der Waals surface area contributed by atoms with Crippen LogP contribution in [0.2, 0.25) is 0 Å². The van der Waals surface area contributed by atoms with Crippen LogP contribution in [0.5, 0.6) is 0 Å². The van der Waals surface area contributed by atoms with E-state index in [-0.39, 0.29) is 0 Å².